The Kier molecular flexibility index (Phi) is 3.52. The van der Waals surface area contributed by atoms with Crippen LogP contribution in [0, 0.1) is 11.7 Å². The molecule has 0 saturated carbocycles. The molecule has 0 spiro atoms. The Hall–Kier alpha value is -1.29. The molecule has 1 fully saturated rings. The van der Waals surface area contributed by atoms with Crippen LogP contribution in [0.3, 0.4) is 0 Å². The van der Waals surface area contributed by atoms with E-state index in [1.807, 2.05) is 4.90 Å². The summed E-state index contributed by atoms with van der Waals surface area (Å²) in [6, 6.07) is 4.76. The number of benzene rings is 1. The molecule has 0 aliphatic carbocycles. The van der Waals surface area contributed by atoms with Gasteiger partial charge in [0.05, 0.1) is 5.02 Å². The lowest BCUT2D eigenvalue weighted by Crippen LogP contribution is -2.22. The number of rotatable bonds is 3. The highest BCUT2D eigenvalue weighted by atomic mass is 35.5. The van der Waals surface area contributed by atoms with Crippen molar-refractivity contribution in [3.63, 3.8) is 0 Å². The van der Waals surface area contributed by atoms with Crippen molar-refractivity contribution in [3.05, 3.63) is 29.0 Å². The molecule has 0 radical (unpaired) electrons. The highest BCUT2D eigenvalue weighted by Gasteiger charge is 2.24. The summed E-state index contributed by atoms with van der Waals surface area (Å²) in [6.07, 6.45) is 1.31. The van der Waals surface area contributed by atoms with Gasteiger partial charge in [-0.15, -0.1) is 0 Å². The van der Waals surface area contributed by atoms with E-state index in [0.717, 1.165) is 25.2 Å². The zero-order chi connectivity index (χ0) is 12.4. The molecule has 0 bridgehead atoms. The number of primary amides is 1. The number of amides is 1. The Balaban J connectivity index is 2.04. The maximum Gasteiger partial charge on any atom is 0.217 e. The Labute approximate surface area is 104 Å². The Morgan fingerprint density at radius 3 is 3.00 bits per heavy atom. The lowest BCUT2D eigenvalue weighted by atomic mass is 10.1. The van der Waals surface area contributed by atoms with Gasteiger partial charge in [0.25, 0.3) is 0 Å². The quantitative estimate of drug-likeness (QED) is 0.901. The van der Waals surface area contributed by atoms with Gasteiger partial charge >= 0.3 is 0 Å². The highest BCUT2D eigenvalue weighted by molar-refractivity contribution is 6.30. The molecule has 2 rings (SSSR count). The fraction of sp³-hybridized carbons (Fsp3) is 0.417. The molecular weight excluding hydrogens is 243 g/mol. The van der Waals surface area contributed by atoms with E-state index in [-0.39, 0.29) is 16.8 Å². The van der Waals surface area contributed by atoms with Gasteiger partial charge in [0.15, 0.2) is 0 Å². The second-order valence-electron chi connectivity index (χ2n) is 4.37. The Morgan fingerprint density at radius 1 is 1.59 bits per heavy atom. The van der Waals surface area contributed by atoms with Crippen LogP contribution in [-0.4, -0.2) is 19.0 Å². The predicted octanol–water partition coefficient (Wildman–Crippen LogP) is 2.18. The molecule has 1 aliphatic heterocycles. The number of carbonyl (C=O) groups excluding carboxylic acids is 1. The van der Waals surface area contributed by atoms with Gasteiger partial charge in [0, 0.05) is 25.2 Å². The fourth-order valence-corrected chi connectivity index (χ4v) is 2.32. The van der Waals surface area contributed by atoms with Crippen LogP contribution in [0.5, 0.6) is 0 Å². The lowest BCUT2D eigenvalue weighted by Gasteiger charge is -2.18. The summed E-state index contributed by atoms with van der Waals surface area (Å²) in [6.45, 7) is 1.56. The number of hydrogen-bond donors (Lipinski definition) is 1. The van der Waals surface area contributed by atoms with Crippen molar-refractivity contribution in [1.29, 1.82) is 0 Å². The molecule has 1 aromatic carbocycles. The topological polar surface area (TPSA) is 46.3 Å². The van der Waals surface area contributed by atoms with Gasteiger partial charge in [0.1, 0.15) is 5.82 Å². The SMILES string of the molecule is NC(=O)CC1CCN(c2ccc(Cl)c(F)c2)C1. The normalized spacial score (nSPS) is 19.6. The van der Waals surface area contributed by atoms with Crippen molar-refractivity contribution in [2.45, 2.75) is 12.8 Å². The van der Waals surface area contributed by atoms with E-state index in [4.69, 9.17) is 17.3 Å². The van der Waals surface area contributed by atoms with Crippen LogP contribution >= 0.6 is 11.6 Å². The molecule has 2 N–H and O–H groups in total. The molecule has 0 aromatic heterocycles. The molecule has 1 saturated heterocycles. The lowest BCUT2D eigenvalue weighted by molar-refractivity contribution is -0.118. The molecule has 3 nitrogen and oxygen atoms in total. The van der Waals surface area contributed by atoms with Crippen molar-refractivity contribution in [2.75, 3.05) is 18.0 Å². The van der Waals surface area contributed by atoms with Gasteiger partial charge in [-0.2, -0.15) is 0 Å². The fourth-order valence-electron chi connectivity index (χ4n) is 2.20. The van der Waals surface area contributed by atoms with E-state index in [0.29, 0.717) is 6.42 Å². The molecule has 1 unspecified atom stereocenters. The largest absolute Gasteiger partial charge is 0.371 e. The zero-order valence-electron chi connectivity index (χ0n) is 9.33. The molecule has 17 heavy (non-hydrogen) atoms. The summed E-state index contributed by atoms with van der Waals surface area (Å²) >= 11 is 5.63. The van der Waals surface area contributed by atoms with Crippen LogP contribution in [0.2, 0.25) is 5.02 Å². The van der Waals surface area contributed by atoms with Gasteiger partial charge in [-0.3, -0.25) is 4.79 Å². The average molecular weight is 257 g/mol. The zero-order valence-corrected chi connectivity index (χ0v) is 10.1. The van der Waals surface area contributed by atoms with Gasteiger partial charge in [-0.25, -0.2) is 4.39 Å². The summed E-state index contributed by atoms with van der Waals surface area (Å²) in [7, 11) is 0. The highest BCUT2D eigenvalue weighted by Crippen LogP contribution is 2.28. The average Bonchev–Trinajstić information content (AvgIpc) is 2.69. The van der Waals surface area contributed by atoms with Crippen LogP contribution in [0.4, 0.5) is 10.1 Å². The first-order valence-electron chi connectivity index (χ1n) is 5.54. The maximum atomic E-state index is 13.3. The van der Waals surface area contributed by atoms with E-state index in [2.05, 4.69) is 0 Å². The van der Waals surface area contributed by atoms with Gasteiger partial charge in [0.2, 0.25) is 5.91 Å². The summed E-state index contributed by atoms with van der Waals surface area (Å²) in [5.41, 5.74) is 5.97. The molecular formula is C12H14ClFN2O. The number of anilines is 1. The minimum atomic E-state index is -0.414. The number of nitrogens with two attached hydrogens (primary N) is 1. The van der Waals surface area contributed by atoms with Crippen molar-refractivity contribution >= 4 is 23.2 Å². The third kappa shape index (κ3) is 2.88. The summed E-state index contributed by atoms with van der Waals surface area (Å²) in [4.78, 5) is 12.9. The van der Waals surface area contributed by atoms with Crippen LogP contribution in [0.15, 0.2) is 18.2 Å². The number of halogens is 2. The summed E-state index contributed by atoms with van der Waals surface area (Å²) in [5.74, 6) is -0.423. The minimum Gasteiger partial charge on any atom is -0.371 e. The second-order valence-corrected chi connectivity index (χ2v) is 4.78. The molecule has 92 valence electrons. The van der Waals surface area contributed by atoms with Crippen molar-refractivity contribution in [2.24, 2.45) is 11.7 Å². The third-order valence-corrected chi connectivity index (χ3v) is 3.35. The van der Waals surface area contributed by atoms with E-state index in [9.17, 15) is 9.18 Å². The second kappa shape index (κ2) is 4.92. The maximum absolute atomic E-state index is 13.3. The van der Waals surface area contributed by atoms with Gasteiger partial charge in [-0.1, -0.05) is 11.6 Å². The summed E-state index contributed by atoms with van der Waals surface area (Å²) < 4.78 is 13.3. The Bertz CT molecular complexity index is 439. The van der Waals surface area contributed by atoms with Gasteiger partial charge in [-0.05, 0) is 30.5 Å². The van der Waals surface area contributed by atoms with Crippen molar-refractivity contribution < 1.29 is 9.18 Å². The first kappa shape index (κ1) is 12.2. The molecule has 1 aromatic rings. The molecule has 1 amide bonds. The minimum absolute atomic E-state index is 0.127. The smallest absolute Gasteiger partial charge is 0.217 e. The molecule has 1 atom stereocenters. The van der Waals surface area contributed by atoms with E-state index >= 15 is 0 Å². The first-order chi connectivity index (χ1) is 8.06. The van der Waals surface area contributed by atoms with E-state index in [1.165, 1.54) is 6.07 Å². The number of carbonyl (C=O) groups is 1. The van der Waals surface area contributed by atoms with Gasteiger partial charge < -0.3 is 10.6 Å². The Morgan fingerprint density at radius 2 is 2.35 bits per heavy atom. The monoisotopic (exact) mass is 256 g/mol. The van der Waals surface area contributed by atoms with E-state index in [1.54, 1.807) is 12.1 Å². The summed E-state index contributed by atoms with van der Waals surface area (Å²) in [5, 5.41) is 0.127. The van der Waals surface area contributed by atoms with Crippen molar-refractivity contribution in [1.82, 2.24) is 0 Å². The van der Waals surface area contributed by atoms with Crippen LogP contribution in [-0.2, 0) is 4.79 Å². The van der Waals surface area contributed by atoms with Crippen molar-refractivity contribution in [3.8, 4) is 0 Å². The number of hydrogen-bond acceptors (Lipinski definition) is 2. The van der Waals surface area contributed by atoms with E-state index < -0.39 is 5.82 Å². The molecule has 1 heterocycles. The van der Waals surface area contributed by atoms with Crippen LogP contribution in [0.1, 0.15) is 12.8 Å². The standard InChI is InChI=1S/C12H14ClFN2O/c13-10-2-1-9(6-11(10)14)16-4-3-8(7-16)5-12(15)17/h1-2,6,8H,3-5,7H2,(H2,15,17). The first-order valence-corrected chi connectivity index (χ1v) is 5.92. The van der Waals surface area contributed by atoms with Crippen LogP contribution in [0.25, 0.3) is 0 Å². The van der Waals surface area contributed by atoms with Crippen LogP contribution < -0.4 is 10.6 Å². The third-order valence-electron chi connectivity index (χ3n) is 3.04. The predicted molar refractivity (Wildman–Crippen MR) is 65.5 cm³/mol. The number of nitrogens with zero attached hydrogens (tertiary/aromatic N) is 1. The molecule has 1 aliphatic rings. The molecule has 5 heteroatoms.